The Labute approximate surface area is 167 Å². The first-order valence-electron chi connectivity index (χ1n) is 8.71. The maximum absolute atomic E-state index is 13.8. The van der Waals surface area contributed by atoms with Gasteiger partial charge >= 0.3 is 0 Å². The molecular weight excluding hydrogens is 377 g/mol. The maximum atomic E-state index is 13.8. The van der Waals surface area contributed by atoms with E-state index in [1.54, 1.807) is 25.6 Å². The van der Waals surface area contributed by atoms with Crippen LogP contribution in [0.2, 0.25) is 5.02 Å². The Morgan fingerprint density at radius 3 is 2.50 bits per heavy atom. The number of hydrogen-bond donors (Lipinski definition) is 0. The number of halogens is 2. The molecule has 2 heterocycles. The first-order valence-corrected chi connectivity index (χ1v) is 9.09. The number of aromatic nitrogens is 3. The predicted molar refractivity (Wildman–Crippen MR) is 108 cm³/mol. The van der Waals surface area contributed by atoms with Crippen LogP contribution in [0.5, 0.6) is 5.75 Å². The summed E-state index contributed by atoms with van der Waals surface area (Å²) in [5.74, 6) is 1.07. The number of ether oxygens (including phenoxy) is 1. The van der Waals surface area contributed by atoms with Crippen LogP contribution in [-0.4, -0.2) is 21.6 Å². The van der Waals surface area contributed by atoms with Gasteiger partial charge in [-0.25, -0.2) is 9.37 Å². The summed E-state index contributed by atoms with van der Waals surface area (Å²) in [6.07, 6.45) is 5.83. The van der Waals surface area contributed by atoms with Crippen LogP contribution in [0.4, 0.5) is 4.39 Å². The Balaban J connectivity index is 1.82. The summed E-state index contributed by atoms with van der Waals surface area (Å²) < 4.78 is 21.2. The first kappa shape index (κ1) is 18.2. The minimum atomic E-state index is -0.310. The Kier molecular flexibility index (Phi) is 5.08. The van der Waals surface area contributed by atoms with Crippen LogP contribution in [0.1, 0.15) is 11.4 Å². The van der Waals surface area contributed by atoms with Crippen molar-refractivity contribution in [3.8, 4) is 22.7 Å². The molecule has 0 atom stereocenters. The predicted octanol–water partition coefficient (Wildman–Crippen LogP) is 5.33. The highest BCUT2D eigenvalue weighted by atomic mass is 35.5. The van der Waals surface area contributed by atoms with E-state index in [9.17, 15) is 4.39 Å². The zero-order chi connectivity index (χ0) is 19.5. The Morgan fingerprint density at radius 2 is 1.79 bits per heavy atom. The smallest absolute Gasteiger partial charge is 0.123 e. The van der Waals surface area contributed by atoms with E-state index in [0.717, 1.165) is 28.3 Å². The van der Waals surface area contributed by atoms with Gasteiger partial charge in [0.25, 0.3) is 0 Å². The van der Waals surface area contributed by atoms with Gasteiger partial charge in [-0.1, -0.05) is 11.6 Å². The molecule has 4 aromatic rings. The molecule has 0 N–H and O–H groups in total. The number of benzene rings is 2. The molecule has 0 radical (unpaired) electrons. The summed E-state index contributed by atoms with van der Waals surface area (Å²) in [5.41, 5.74) is 3.41. The third-order valence-electron chi connectivity index (χ3n) is 4.45. The quantitative estimate of drug-likeness (QED) is 0.460. The number of hydrogen-bond acceptors (Lipinski definition) is 3. The highest BCUT2D eigenvalue weighted by Crippen LogP contribution is 2.27. The minimum Gasteiger partial charge on any atom is -0.496 e. The summed E-state index contributed by atoms with van der Waals surface area (Å²) >= 11 is 6.04. The van der Waals surface area contributed by atoms with Gasteiger partial charge in [-0.2, -0.15) is 0 Å². The monoisotopic (exact) mass is 393 g/mol. The summed E-state index contributed by atoms with van der Waals surface area (Å²) in [6, 6.07) is 15.8. The fourth-order valence-corrected chi connectivity index (χ4v) is 3.21. The highest BCUT2D eigenvalue weighted by Gasteiger charge is 2.15. The molecule has 4 nitrogen and oxygen atoms in total. The van der Waals surface area contributed by atoms with Gasteiger partial charge < -0.3 is 9.30 Å². The summed E-state index contributed by atoms with van der Waals surface area (Å²) in [6.45, 7) is 0. The van der Waals surface area contributed by atoms with Gasteiger partial charge in [-0.05, 0) is 54.6 Å². The number of nitrogens with zero attached hydrogens (tertiary/aromatic N) is 3. The fraction of sp³-hybridized carbons (Fsp3) is 0.0909. The van der Waals surface area contributed by atoms with Crippen LogP contribution in [0.15, 0.2) is 73.2 Å². The van der Waals surface area contributed by atoms with Crippen molar-refractivity contribution in [1.82, 2.24) is 14.5 Å². The van der Waals surface area contributed by atoms with E-state index in [-0.39, 0.29) is 5.82 Å². The molecule has 0 fully saturated rings. The second kappa shape index (κ2) is 7.82. The average Bonchev–Trinajstić information content (AvgIpc) is 3.13. The largest absolute Gasteiger partial charge is 0.496 e. The second-order valence-corrected chi connectivity index (χ2v) is 6.69. The van der Waals surface area contributed by atoms with Gasteiger partial charge in [0.15, 0.2) is 0 Å². The van der Waals surface area contributed by atoms with E-state index in [1.165, 1.54) is 12.1 Å². The molecule has 0 saturated heterocycles. The average molecular weight is 394 g/mol. The van der Waals surface area contributed by atoms with Crippen molar-refractivity contribution in [1.29, 1.82) is 0 Å². The van der Waals surface area contributed by atoms with Gasteiger partial charge in [0.2, 0.25) is 0 Å². The van der Waals surface area contributed by atoms with Gasteiger partial charge in [-0.15, -0.1) is 0 Å². The normalized spacial score (nSPS) is 10.8. The van der Waals surface area contributed by atoms with E-state index in [0.29, 0.717) is 17.2 Å². The second-order valence-electron chi connectivity index (χ2n) is 6.26. The summed E-state index contributed by atoms with van der Waals surface area (Å²) in [5, 5.41) is 0.659. The van der Waals surface area contributed by atoms with Crippen LogP contribution < -0.4 is 4.74 Å². The van der Waals surface area contributed by atoms with Crippen molar-refractivity contribution < 1.29 is 9.13 Å². The number of methoxy groups -OCH3 is 1. The third kappa shape index (κ3) is 3.75. The number of rotatable bonds is 5. The molecule has 2 aromatic carbocycles. The Hall–Kier alpha value is -3.18. The standard InChI is InChI=1S/C22H17ClFN3O/c1-28-21-7-4-18(24)12-16(21)13-22-26-20(15-8-10-25-11-9-15)14-27(22)19-5-2-17(23)3-6-19/h2-12,14H,13H2,1H3. The van der Waals surface area contributed by atoms with Crippen molar-refractivity contribution in [2.75, 3.05) is 7.11 Å². The van der Waals surface area contributed by atoms with Gasteiger partial charge in [0.05, 0.1) is 12.8 Å². The molecule has 6 heteroatoms. The molecule has 0 spiro atoms. The molecule has 2 aromatic heterocycles. The molecule has 0 amide bonds. The minimum absolute atomic E-state index is 0.310. The van der Waals surface area contributed by atoms with E-state index >= 15 is 0 Å². The molecular formula is C22H17ClFN3O. The molecule has 0 bridgehead atoms. The van der Waals surface area contributed by atoms with Crippen molar-refractivity contribution >= 4 is 11.6 Å². The van der Waals surface area contributed by atoms with Crippen molar-refractivity contribution in [3.63, 3.8) is 0 Å². The fourth-order valence-electron chi connectivity index (χ4n) is 3.09. The lowest BCUT2D eigenvalue weighted by atomic mass is 10.1. The molecule has 0 aliphatic carbocycles. The van der Waals surface area contributed by atoms with E-state index < -0.39 is 0 Å². The molecule has 140 valence electrons. The van der Waals surface area contributed by atoms with Crippen LogP contribution >= 0.6 is 11.6 Å². The molecule has 28 heavy (non-hydrogen) atoms. The van der Waals surface area contributed by atoms with Crippen LogP contribution in [0, 0.1) is 5.82 Å². The van der Waals surface area contributed by atoms with Gasteiger partial charge in [-0.3, -0.25) is 4.98 Å². The molecule has 0 aliphatic heterocycles. The van der Waals surface area contributed by atoms with Crippen molar-refractivity contribution in [2.24, 2.45) is 0 Å². The van der Waals surface area contributed by atoms with Gasteiger partial charge in [0, 0.05) is 46.8 Å². The highest BCUT2D eigenvalue weighted by molar-refractivity contribution is 6.30. The lowest BCUT2D eigenvalue weighted by molar-refractivity contribution is 0.409. The lowest BCUT2D eigenvalue weighted by Crippen LogP contribution is -2.03. The summed E-state index contributed by atoms with van der Waals surface area (Å²) in [4.78, 5) is 8.86. The van der Waals surface area contributed by atoms with E-state index in [2.05, 4.69) is 4.98 Å². The van der Waals surface area contributed by atoms with Crippen LogP contribution in [0.3, 0.4) is 0 Å². The first-order chi connectivity index (χ1) is 13.6. The van der Waals surface area contributed by atoms with Crippen LogP contribution in [-0.2, 0) is 6.42 Å². The van der Waals surface area contributed by atoms with Gasteiger partial charge in [0.1, 0.15) is 17.4 Å². The van der Waals surface area contributed by atoms with E-state index in [4.69, 9.17) is 21.3 Å². The molecule has 0 saturated carbocycles. The van der Waals surface area contributed by atoms with E-state index in [1.807, 2.05) is 47.2 Å². The Morgan fingerprint density at radius 1 is 1.04 bits per heavy atom. The number of pyridine rings is 1. The number of imidazole rings is 1. The zero-order valence-corrected chi connectivity index (χ0v) is 15.9. The zero-order valence-electron chi connectivity index (χ0n) is 15.1. The third-order valence-corrected chi connectivity index (χ3v) is 4.70. The van der Waals surface area contributed by atoms with Crippen molar-refractivity contribution in [2.45, 2.75) is 6.42 Å². The molecule has 0 unspecified atom stereocenters. The lowest BCUT2D eigenvalue weighted by Gasteiger charge is -2.11. The topological polar surface area (TPSA) is 39.9 Å². The Bertz CT molecular complexity index is 1090. The molecule has 0 aliphatic rings. The van der Waals surface area contributed by atoms with Crippen LogP contribution in [0.25, 0.3) is 16.9 Å². The SMILES string of the molecule is COc1ccc(F)cc1Cc1nc(-c2ccncc2)cn1-c1ccc(Cl)cc1. The van der Waals surface area contributed by atoms with Crippen molar-refractivity contribution in [3.05, 3.63) is 95.4 Å². The molecule has 4 rings (SSSR count). The summed E-state index contributed by atoms with van der Waals surface area (Å²) in [7, 11) is 1.57. The maximum Gasteiger partial charge on any atom is 0.123 e.